The Labute approximate surface area is 200 Å². The first kappa shape index (κ1) is 22.8. The highest BCUT2D eigenvalue weighted by Crippen LogP contribution is 2.33. The van der Waals surface area contributed by atoms with Gasteiger partial charge in [0.25, 0.3) is 15.9 Å². The zero-order valence-electron chi connectivity index (χ0n) is 17.5. The zero-order chi connectivity index (χ0) is 23.0. The van der Waals surface area contributed by atoms with E-state index in [1.807, 2.05) is 19.9 Å². The van der Waals surface area contributed by atoms with Crippen LogP contribution in [0.25, 0.3) is 0 Å². The van der Waals surface area contributed by atoms with Crippen molar-refractivity contribution in [1.29, 1.82) is 0 Å². The van der Waals surface area contributed by atoms with E-state index in [4.69, 9.17) is 11.6 Å². The van der Waals surface area contributed by atoms with E-state index < -0.39 is 10.0 Å². The third-order valence-corrected chi connectivity index (χ3v) is 8.30. The molecule has 1 amide bonds. The molecule has 0 bridgehead atoms. The minimum atomic E-state index is -3.84. The second kappa shape index (κ2) is 8.88. The van der Waals surface area contributed by atoms with Crippen LogP contribution in [0.15, 0.2) is 68.6 Å². The number of guanidine groups is 1. The molecule has 0 saturated heterocycles. The molecule has 1 N–H and O–H groups in total. The summed E-state index contributed by atoms with van der Waals surface area (Å²) in [6, 6.07) is 13.7. The summed E-state index contributed by atoms with van der Waals surface area (Å²) in [5, 5.41) is 3.64. The molecule has 0 spiro atoms. The van der Waals surface area contributed by atoms with Crippen LogP contribution in [-0.4, -0.2) is 44.3 Å². The van der Waals surface area contributed by atoms with E-state index in [2.05, 4.69) is 26.2 Å². The lowest BCUT2D eigenvalue weighted by Crippen LogP contribution is -2.54. The number of anilines is 1. The van der Waals surface area contributed by atoms with Gasteiger partial charge in [0.2, 0.25) is 5.96 Å². The molecule has 32 heavy (non-hydrogen) atoms. The second-order valence-corrected chi connectivity index (χ2v) is 10.9. The summed E-state index contributed by atoms with van der Waals surface area (Å²) in [6.45, 7) is 4.18. The molecule has 2 aliphatic rings. The van der Waals surface area contributed by atoms with Crippen molar-refractivity contribution in [3.05, 3.63) is 74.2 Å². The molecular weight excluding hydrogens is 516 g/mol. The van der Waals surface area contributed by atoms with Crippen molar-refractivity contribution in [2.24, 2.45) is 4.99 Å². The quantitative estimate of drug-likeness (QED) is 0.631. The number of nitrogens with one attached hydrogen (secondary N) is 1. The number of sulfonamides is 1. The van der Waals surface area contributed by atoms with Crippen LogP contribution in [0.3, 0.4) is 0 Å². The molecule has 0 saturated carbocycles. The van der Waals surface area contributed by atoms with Crippen molar-refractivity contribution in [2.45, 2.75) is 26.3 Å². The number of amides is 1. The van der Waals surface area contributed by atoms with Gasteiger partial charge in [-0.25, -0.2) is 17.7 Å². The Morgan fingerprint density at radius 1 is 1.19 bits per heavy atom. The topological polar surface area (TPSA) is 82.1 Å². The lowest BCUT2D eigenvalue weighted by atomic mass is 10.1. The fraction of sp³-hybridized carbons (Fsp3) is 0.273. The van der Waals surface area contributed by atoms with Crippen molar-refractivity contribution in [3.63, 3.8) is 0 Å². The molecule has 2 aliphatic heterocycles. The Kier molecular flexibility index (Phi) is 6.33. The van der Waals surface area contributed by atoms with Crippen LogP contribution in [0.4, 0.5) is 5.69 Å². The van der Waals surface area contributed by atoms with Gasteiger partial charge in [0.15, 0.2) is 0 Å². The van der Waals surface area contributed by atoms with Crippen molar-refractivity contribution in [3.8, 4) is 0 Å². The first-order valence-electron chi connectivity index (χ1n) is 10.1. The minimum absolute atomic E-state index is 0.132. The van der Waals surface area contributed by atoms with Gasteiger partial charge in [-0.15, -0.1) is 0 Å². The number of para-hydroxylation sites is 1. The predicted octanol–water partition coefficient (Wildman–Crippen LogP) is 4.36. The van der Waals surface area contributed by atoms with Crippen LogP contribution in [-0.2, 0) is 10.0 Å². The van der Waals surface area contributed by atoms with E-state index in [0.717, 1.165) is 0 Å². The molecule has 0 fully saturated rings. The third-order valence-electron chi connectivity index (χ3n) is 5.13. The highest BCUT2D eigenvalue weighted by Gasteiger charge is 2.41. The number of carbonyl (C=O) groups excluding carboxylic acids is 1. The lowest BCUT2D eigenvalue weighted by molar-refractivity contribution is 0.0762. The number of rotatable bonds is 3. The maximum absolute atomic E-state index is 13.6. The Morgan fingerprint density at radius 3 is 2.56 bits per heavy atom. The summed E-state index contributed by atoms with van der Waals surface area (Å²) in [6.07, 6.45) is 0.207. The molecule has 7 nitrogen and oxygen atoms in total. The van der Waals surface area contributed by atoms with Crippen LogP contribution in [0.2, 0.25) is 5.02 Å². The Bertz CT molecular complexity index is 1230. The highest BCUT2D eigenvalue weighted by atomic mass is 79.9. The molecule has 0 aliphatic carbocycles. The number of benzene rings is 2. The van der Waals surface area contributed by atoms with Crippen molar-refractivity contribution < 1.29 is 13.2 Å². The molecule has 4 rings (SSSR count). The van der Waals surface area contributed by atoms with Gasteiger partial charge in [0, 0.05) is 29.0 Å². The Balaban J connectivity index is 1.70. The molecule has 168 valence electrons. The van der Waals surface area contributed by atoms with Gasteiger partial charge < -0.3 is 10.2 Å². The van der Waals surface area contributed by atoms with Gasteiger partial charge in [0.1, 0.15) is 0 Å². The SMILES string of the molecule is CC(C)N=C1NC2=C(CCN(C(=O)c3ccc(Br)c(Cl)c3)C2)S(=O)(=O)N1c1ccccc1. The minimum Gasteiger partial charge on any atom is -0.332 e. The maximum Gasteiger partial charge on any atom is 0.269 e. The summed E-state index contributed by atoms with van der Waals surface area (Å²) < 4.78 is 29.1. The largest absolute Gasteiger partial charge is 0.332 e. The molecule has 2 aromatic rings. The van der Waals surface area contributed by atoms with Gasteiger partial charge in [-0.05, 0) is 60.1 Å². The molecule has 2 heterocycles. The molecule has 0 aromatic heterocycles. The summed E-state index contributed by atoms with van der Waals surface area (Å²) in [4.78, 5) is 19.5. The molecule has 0 unspecified atom stereocenters. The van der Waals surface area contributed by atoms with E-state index >= 15 is 0 Å². The lowest BCUT2D eigenvalue weighted by Gasteiger charge is -2.39. The monoisotopic (exact) mass is 536 g/mol. The van der Waals surface area contributed by atoms with Gasteiger partial charge in [-0.3, -0.25) is 4.79 Å². The first-order chi connectivity index (χ1) is 15.2. The Morgan fingerprint density at radius 2 is 1.91 bits per heavy atom. The van der Waals surface area contributed by atoms with E-state index in [0.29, 0.717) is 26.4 Å². The fourth-order valence-corrected chi connectivity index (χ4v) is 5.83. The number of halogens is 2. The molecule has 0 atom stereocenters. The van der Waals surface area contributed by atoms with Crippen molar-refractivity contribution >= 4 is 55.1 Å². The van der Waals surface area contributed by atoms with Crippen LogP contribution >= 0.6 is 27.5 Å². The summed E-state index contributed by atoms with van der Waals surface area (Å²) >= 11 is 9.47. The highest BCUT2D eigenvalue weighted by molar-refractivity contribution is 9.10. The Hall–Kier alpha value is -2.36. The number of nitrogens with zero attached hydrogens (tertiary/aromatic N) is 3. The number of hydrogen-bond acceptors (Lipinski definition) is 4. The average Bonchev–Trinajstić information content (AvgIpc) is 2.75. The summed E-state index contributed by atoms with van der Waals surface area (Å²) in [5.74, 6) is 0.0175. The summed E-state index contributed by atoms with van der Waals surface area (Å²) in [7, 11) is -3.84. The fourth-order valence-electron chi connectivity index (χ4n) is 3.69. The van der Waals surface area contributed by atoms with Crippen LogP contribution < -0.4 is 9.62 Å². The maximum atomic E-state index is 13.6. The third kappa shape index (κ3) is 4.29. The molecular formula is C22H22BrClN4O3S. The molecule has 0 radical (unpaired) electrons. The van der Waals surface area contributed by atoms with Gasteiger partial charge in [-0.1, -0.05) is 29.8 Å². The van der Waals surface area contributed by atoms with Crippen molar-refractivity contribution in [2.75, 3.05) is 17.4 Å². The smallest absolute Gasteiger partial charge is 0.269 e. The predicted molar refractivity (Wildman–Crippen MR) is 130 cm³/mol. The van der Waals surface area contributed by atoms with Gasteiger partial charge in [0.05, 0.1) is 27.9 Å². The van der Waals surface area contributed by atoms with E-state index in [1.54, 1.807) is 47.4 Å². The van der Waals surface area contributed by atoms with Crippen LogP contribution in [0, 0.1) is 0 Å². The number of hydrogen-bond donors (Lipinski definition) is 1. The first-order valence-corrected chi connectivity index (χ1v) is 12.7. The molecule has 10 heteroatoms. The van der Waals surface area contributed by atoms with Crippen molar-refractivity contribution in [1.82, 2.24) is 10.2 Å². The van der Waals surface area contributed by atoms with Crippen LogP contribution in [0.5, 0.6) is 0 Å². The number of aliphatic imine (C=N–C) groups is 1. The van der Waals surface area contributed by atoms with Gasteiger partial charge >= 0.3 is 0 Å². The second-order valence-electron chi connectivity index (χ2n) is 7.78. The van der Waals surface area contributed by atoms with E-state index in [1.165, 1.54) is 4.31 Å². The van der Waals surface area contributed by atoms with Gasteiger partial charge in [-0.2, -0.15) is 0 Å². The normalized spacial score (nSPS) is 19.2. The number of carbonyl (C=O) groups is 1. The summed E-state index contributed by atoms with van der Waals surface area (Å²) in [5.41, 5.74) is 1.43. The average molecular weight is 538 g/mol. The van der Waals surface area contributed by atoms with E-state index in [-0.39, 0.29) is 42.3 Å². The van der Waals surface area contributed by atoms with Crippen LogP contribution in [0.1, 0.15) is 30.6 Å². The molecule has 2 aromatic carbocycles. The zero-order valence-corrected chi connectivity index (χ0v) is 20.7. The van der Waals surface area contributed by atoms with E-state index in [9.17, 15) is 13.2 Å². The standard InChI is InChI=1S/C22H22BrClN4O3S/c1-14(2)25-22-26-19-13-27(21(29)15-8-9-17(23)18(24)12-15)11-10-20(19)32(30,31)28(22)16-6-4-3-5-7-16/h3-9,12,14H,10-11,13H2,1-2H3,(H,25,26).